The first-order valence-electron chi connectivity index (χ1n) is 4.01. The molecule has 0 saturated heterocycles. The van der Waals surface area contributed by atoms with Crippen molar-refractivity contribution in [3.63, 3.8) is 0 Å². The van der Waals surface area contributed by atoms with Gasteiger partial charge in [0, 0.05) is 12.8 Å². The van der Waals surface area contributed by atoms with Crippen molar-refractivity contribution in [2.45, 2.75) is 19.8 Å². The van der Waals surface area contributed by atoms with E-state index in [1.165, 1.54) is 6.08 Å². The number of Topliss-reactive ketones (excluding diaryl/α,β-unsaturated/α-hetero) is 2. The van der Waals surface area contributed by atoms with Gasteiger partial charge >= 0.3 is 5.97 Å². The summed E-state index contributed by atoms with van der Waals surface area (Å²) < 4.78 is 0. The summed E-state index contributed by atoms with van der Waals surface area (Å²) in [5.41, 5.74) is 0.150. The van der Waals surface area contributed by atoms with Crippen molar-refractivity contribution in [1.82, 2.24) is 0 Å². The van der Waals surface area contributed by atoms with Gasteiger partial charge in [-0.15, -0.1) is 0 Å². The van der Waals surface area contributed by atoms with Crippen LogP contribution < -0.4 is 0 Å². The molecule has 4 heteroatoms. The molecule has 0 spiro atoms. The molecule has 0 aromatic rings. The van der Waals surface area contributed by atoms with Gasteiger partial charge in [0.2, 0.25) is 0 Å². The fraction of sp³-hybridized carbons (Fsp3) is 0.444. The van der Waals surface area contributed by atoms with Crippen molar-refractivity contribution in [3.05, 3.63) is 11.6 Å². The smallest absolute Gasteiger partial charge is 0.307 e. The van der Waals surface area contributed by atoms with E-state index in [0.717, 1.165) is 0 Å². The van der Waals surface area contributed by atoms with Gasteiger partial charge in [0.15, 0.2) is 11.6 Å². The van der Waals surface area contributed by atoms with Crippen molar-refractivity contribution in [2.24, 2.45) is 5.92 Å². The van der Waals surface area contributed by atoms with Gasteiger partial charge < -0.3 is 5.11 Å². The molecule has 0 heterocycles. The Morgan fingerprint density at radius 3 is 2.15 bits per heavy atom. The van der Waals surface area contributed by atoms with E-state index in [0.29, 0.717) is 0 Å². The van der Waals surface area contributed by atoms with Gasteiger partial charge in [0.1, 0.15) is 0 Å². The molecule has 1 aliphatic carbocycles. The third kappa shape index (κ3) is 1.83. The molecule has 0 bridgehead atoms. The predicted molar refractivity (Wildman–Crippen MR) is 44.1 cm³/mol. The predicted octanol–water partition coefficient (Wildman–Crippen LogP) is 0.566. The summed E-state index contributed by atoms with van der Waals surface area (Å²) in [6, 6.07) is 0. The molecule has 0 amide bonds. The fourth-order valence-electron chi connectivity index (χ4n) is 1.39. The van der Waals surface area contributed by atoms with E-state index < -0.39 is 11.9 Å². The van der Waals surface area contributed by atoms with Gasteiger partial charge in [-0.25, -0.2) is 0 Å². The Labute approximate surface area is 75.2 Å². The highest BCUT2D eigenvalue weighted by molar-refractivity contribution is 6.23. The number of carbonyl (C=O) groups excluding carboxylic acids is 2. The number of allylic oxidation sites excluding steroid dienone is 2. The van der Waals surface area contributed by atoms with E-state index >= 15 is 0 Å². The van der Waals surface area contributed by atoms with E-state index in [1.807, 2.05) is 0 Å². The number of carboxylic acid groups (broad SMARTS) is 1. The van der Waals surface area contributed by atoms with E-state index in [9.17, 15) is 14.4 Å². The van der Waals surface area contributed by atoms with Crippen LogP contribution in [0.5, 0.6) is 0 Å². The Kier molecular flexibility index (Phi) is 2.60. The maximum atomic E-state index is 11.2. The summed E-state index contributed by atoms with van der Waals surface area (Å²) in [6.45, 7) is 1.60. The minimum absolute atomic E-state index is 0.0548. The maximum Gasteiger partial charge on any atom is 0.307 e. The minimum atomic E-state index is -1.07. The Bertz CT molecular complexity index is 281. The molecule has 1 N–H and O–H groups in total. The fourth-order valence-corrected chi connectivity index (χ4v) is 1.39. The van der Waals surface area contributed by atoms with E-state index in [4.69, 9.17) is 5.11 Å². The van der Waals surface area contributed by atoms with Crippen LogP contribution >= 0.6 is 0 Å². The zero-order chi connectivity index (χ0) is 10.0. The number of carbonyl (C=O) groups is 3. The Hall–Kier alpha value is -1.45. The molecule has 0 aliphatic heterocycles. The van der Waals surface area contributed by atoms with Crippen molar-refractivity contribution >= 4 is 17.5 Å². The Morgan fingerprint density at radius 1 is 1.38 bits per heavy atom. The third-order valence-electron chi connectivity index (χ3n) is 2.10. The van der Waals surface area contributed by atoms with Gasteiger partial charge in [-0.05, 0) is 6.92 Å². The molecule has 0 unspecified atom stereocenters. The van der Waals surface area contributed by atoms with E-state index in [1.54, 1.807) is 6.92 Å². The maximum absolute atomic E-state index is 11.2. The molecule has 1 aliphatic rings. The van der Waals surface area contributed by atoms with Gasteiger partial charge in [-0.3, -0.25) is 14.4 Å². The lowest BCUT2D eigenvalue weighted by molar-refractivity contribution is -0.146. The minimum Gasteiger partial charge on any atom is -0.481 e. The number of aliphatic carboxylic acids is 1. The lowest BCUT2D eigenvalue weighted by atomic mass is 9.84. The second kappa shape index (κ2) is 3.51. The van der Waals surface area contributed by atoms with Gasteiger partial charge in [-0.2, -0.15) is 0 Å². The third-order valence-corrected chi connectivity index (χ3v) is 2.10. The summed E-state index contributed by atoms with van der Waals surface area (Å²) in [6.07, 6.45) is 1.34. The Morgan fingerprint density at radius 2 is 1.85 bits per heavy atom. The molecule has 0 aromatic heterocycles. The molecule has 1 saturated carbocycles. The molecule has 0 radical (unpaired) electrons. The van der Waals surface area contributed by atoms with Crippen molar-refractivity contribution in [1.29, 1.82) is 0 Å². The highest BCUT2D eigenvalue weighted by Crippen LogP contribution is 2.22. The summed E-state index contributed by atoms with van der Waals surface area (Å²) in [5, 5.41) is 8.61. The summed E-state index contributed by atoms with van der Waals surface area (Å²) in [5.74, 6) is -2.61. The SMILES string of the molecule is CC=C1C(=O)CC(C(=O)O)CC1=O. The first-order valence-corrected chi connectivity index (χ1v) is 4.01. The summed E-state index contributed by atoms with van der Waals surface area (Å²) >= 11 is 0. The van der Waals surface area contributed by atoms with Gasteiger partial charge in [-0.1, -0.05) is 6.08 Å². The van der Waals surface area contributed by atoms with Crippen LogP contribution in [0.25, 0.3) is 0 Å². The highest BCUT2D eigenvalue weighted by atomic mass is 16.4. The Balaban J connectivity index is 2.85. The number of carboxylic acids is 1. The molecule has 4 nitrogen and oxygen atoms in total. The number of hydrogen-bond donors (Lipinski definition) is 1. The standard InChI is InChI=1S/C9H10O4/c1-2-6-7(10)3-5(9(12)13)4-8(6)11/h2,5H,3-4H2,1H3,(H,12,13). The largest absolute Gasteiger partial charge is 0.481 e. The highest BCUT2D eigenvalue weighted by Gasteiger charge is 2.33. The number of ketones is 2. The quantitative estimate of drug-likeness (QED) is 0.475. The second-order valence-electron chi connectivity index (χ2n) is 2.99. The van der Waals surface area contributed by atoms with E-state index in [-0.39, 0.29) is 30.0 Å². The molecule has 1 rings (SSSR count). The second-order valence-corrected chi connectivity index (χ2v) is 2.99. The molecule has 70 valence electrons. The average molecular weight is 182 g/mol. The van der Waals surface area contributed by atoms with Crippen LogP contribution in [-0.4, -0.2) is 22.6 Å². The zero-order valence-corrected chi connectivity index (χ0v) is 7.24. The molecule has 1 fully saturated rings. The van der Waals surface area contributed by atoms with Crippen LogP contribution in [0.1, 0.15) is 19.8 Å². The zero-order valence-electron chi connectivity index (χ0n) is 7.24. The molecular weight excluding hydrogens is 172 g/mol. The van der Waals surface area contributed by atoms with Crippen LogP contribution in [0.3, 0.4) is 0 Å². The number of rotatable bonds is 1. The van der Waals surface area contributed by atoms with Crippen molar-refractivity contribution < 1.29 is 19.5 Å². The molecule has 13 heavy (non-hydrogen) atoms. The van der Waals surface area contributed by atoms with Crippen LogP contribution in [-0.2, 0) is 14.4 Å². The molecule has 0 aromatic carbocycles. The monoisotopic (exact) mass is 182 g/mol. The first-order chi connectivity index (χ1) is 6.06. The van der Waals surface area contributed by atoms with Crippen molar-refractivity contribution in [2.75, 3.05) is 0 Å². The normalized spacial score (nSPS) is 23.2. The van der Waals surface area contributed by atoms with Gasteiger partial charge in [0.05, 0.1) is 11.5 Å². The summed E-state index contributed by atoms with van der Waals surface area (Å²) in [4.78, 5) is 32.9. The van der Waals surface area contributed by atoms with Crippen LogP contribution in [0.15, 0.2) is 11.6 Å². The van der Waals surface area contributed by atoms with Crippen LogP contribution in [0, 0.1) is 5.92 Å². The topological polar surface area (TPSA) is 71.4 Å². The van der Waals surface area contributed by atoms with Gasteiger partial charge in [0.25, 0.3) is 0 Å². The van der Waals surface area contributed by atoms with Crippen LogP contribution in [0.4, 0.5) is 0 Å². The lowest BCUT2D eigenvalue weighted by Crippen LogP contribution is -2.30. The average Bonchev–Trinajstić information content (AvgIpc) is 2.03. The summed E-state index contributed by atoms with van der Waals surface area (Å²) in [7, 11) is 0. The van der Waals surface area contributed by atoms with Crippen LogP contribution in [0.2, 0.25) is 0 Å². The lowest BCUT2D eigenvalue weighted by Gasteiger charge is -2.17. The molecule has 0 atom stereocenters. The number of hydrogen-bond acceptors (Lipinski definition) is 3. The first kappa shape index (κ1) is 9.64. The van der Waals surface area contributed by atoms with E-state index in [2.05, 4.69) is 0 Å². The van der Waals surface area contributed by atoms with Crippen molar-refractivity contribution in [3.8, 4) is 0 Å². The molecular formula is C9H10O4.